The molecule has 0 bridgehead atoms. The van der Waals surface area contributed by atoms with Gasteiger partial charge in [-0.15, -0.1) is 11.8 Å². The van der Waals surface area contributed by atoms with E-state index in [2.05, 4.69) is 16.7 Å². The van der Waals surface area contributed by atoms with Crippen molar-refractivity contribution in [1.82, 2.24) is 0 Å². The Balaban J connectivity index is 2.63. The van der Waals surface area contributed by atoms with Gasteiger partial charge in [0.25, 0.3) is 0 Å². The molecule has 0 fully saturated rings. The number of hydrogen-bond donors (Lipinski definition) is 1. The number of nitrogens with zero attached hydrogens (tertiary/aromatic N) is 1. The van der Waals surface area contributed by atoms with Crippen molar-refractivity contribution in [2.24, 2.45) is 0 Å². The fourth-order valence-electron chi connectivity index (χ4n) is 1.56. The van der Waals surface area contributed by atoms with Crippen molar-refractivity contribution in [2.75, 3.05) is 18.0 Å². The minimum absolute atomic E-state index is 0.147. The number of carboxylic acids is 1. The SMILES string of the molecule is CC#CCCN(CCC(=O)O)c1ccccc1. The zero-order chi connectivity index (χ0) is 12.5. The van der Waals surface area contributed by atoms with Crippen molar-refractivity contribution in [1.29, 1.82) is 0 Å². The second kappa shape index (κ2) is 7.34. The van der Waals surface area contributed by atoms with Gasteiger partial charge in [0.15, 0.2) is 0 Å². The van der Waals surface area contributed by atoms with Gasteiger partial charge in [-0.1, -0.05) is 18.2 Å². The van der Waals surface area contributed by atoms with Crippen LogP contribution in [0.5, 0.6) is 0 Å². The summed E-state index contributed by atoms with van der Waals surface area (Å²) >= 11 is 0. The number of aliphatic carboxylic acids is 1. The largest absolute Gasteiger partial charge is 0.481 e. The average molecular weight is 231 g/mol. The standard InChI is InChI=1S/C14H17NO2/c1-2-3-7-11-15(12-10-14(16)17)13-8-5-4-6-9-13/h4-6,8-9H,7,10-12H2,1H3,(H,16,17). The lowest BCUT2D eigenvalue weighted by Crippen LogP contribution is -2.27. The Hall–Kier alpha value is -1.95. The number of carbonyl (C=O) groups is 1. The summed E-state index contributed by atoms with van der Waals surface area (Å²) in [6.07, 6.45) is 0.902. The molecule has 0 saturated carbocycles. The molecule has 0 aliphatic carbocycles. The molecule has 0 aliphatic rings. The highest BCUT2D eigenvalue weighted by molar-refractivity contribution is 5.67. The maximum atomic E-state index is 10.6. The summed E-state index contributed by atoms with van der Waals surface area (Å²) in [6.45, 7) is 3.09. The molecule has 17 heavy (non-hydrogen) atoms. The third kappa shape index (κ3) is 5.07. The molecule has 0 saturated heterocycles. The Bertz CT molecular complexity index is 403. The lowest BCUT2D eigenvalue weighted by Gasteiger charge is -2.23. The van der Waals surface area contributed by atoms with Crippen molar-refractivity contribution < 1.29 is 9.90 Å². The highest BCUT2D eigenvalue weighted by Gasteiger charge is 2.07. The zero-order valence-corrected chi connectivity index (χ0v) is 10.0. The first-order valence-electron chi connectivity index (χ1n) is 5.65. The van der Waals surface area contributed by atoms with Gasteiger partial charge in [-0.3, -0.25) is 4.79 Å². The van der Waals surface area contributed by atoms with E-state index in [4.69, 9.17) is 5.11 Å². The first kappa shape index (κ1) is 13.1. The van der Waals surface area contributed by atoms with Crippen LogP contribution in [-0.2, 0) is 4.79 Å². The number of carboxylic acid groups (broad SMARTS) is 1. The smallest absolute Gasteiger partial charge is 0.305 e. The summed E-state index contributed by atoms with van der Waals surface area (Å²) in [7, 11) is 0. The number of hydrogen-bond acceptors (Lipinski definition) is 2. The first-order chi connectivity index (χ1) is 8.24. The molecule has 0 aliphatic heterocycles. The monoisotopic (exact) mass is 231 g/mol. The van der Waals surface area contributed by atoms with Crippen LogP contribution < -0.4 is 4.90 Å². The lowest BCUT2D eigenvalue weighted by molar-refractivity contribution is -0.136. The number of benzene rings is 1. The molecule has 0 amide bonds. The van der Waals surface area contributed by atoms with Gasteiger partial charge in [0, 0.05) is 25.2 Å². The van der Waals surface area contributed by atoms with Crippen LogP contribution in [-0.4, -0.2) is 24.2 Å². The van der Waals surface area contributed by atoms with E-state index in [1.807, 2.05) is 37.3 Å². The second-order valence-corrected chi connectivity index (χ2v) is 3.64. The molecule has 0 unspecified atom stereocenters. The lowest BCUT2D eigenvalue weighted by atomic mass is 10.2. The molecule has 1 aromatic rings. The minimum atomic E-state index is -0.771. The molecule has 0 atom stereocenters. The summed E-state index contributed by atoms with van der Waals surface area (Å²) in [6, 6.07) is 9.83. The highest BCUT2D eigenvalue weighted by Crippen LogP contribution is 2.13. The average Bonchev–Trinajstić information content (AvgIpc) is 2.34. The predicted molar refractivity (Wildman–Crippen MR) is 69.0 cm³/mol. The molecule has 1 N–H and O–H groups in total. The Morgan fingerprint density at radius 3 is 2.59 bits per heavy atom. The number of anilines is 1. The van der Waals surface area contributed by atoms with Gasteiger partial charge < -0.3 is 10.0 Å². The number of rotatable bonds is 6. The normalized spacial score (nSPS) is 9.24. The van der Waals surface area contributed by atoms with Crippen LogP contribution in [0.2, 0.25) is 0 Å². The third-order valence-corrected chi connectivity index (χ3v) is 2.40. The molecule has 0 radical (unpaired) electrons. The predicted octanol–water partition coefficient (Wildman–Crippen LogP) is 2.38. The van der Waals surface area contributed by atoms with E-state index in [1.165, 1.54) is 0 Å². The van der Waals surface area contributed by atoms with Crippen molar-refractivity contribution in [3.05, 3.63) is 30.3 Å². The second-order valence-electron chi connectivity index (χ2n) is 3.64. The summed E-state index contributed by atoms with van der Waals surface area (Å²) < 4.78 is 0. The van der Waals surface area contributed by atoms with Crippen molar-refractivity contribution in [3.63, 3.8) is 0 Å². The zero-order valence-electron chi connectivity index (χ0n) is 10.0. The molecular weight excluding hydrogens is 214 g/mol. The van der Waals surface area contributed by atoms with Gasteiger partial charge in [0.1, 0.15) is 0 Å². The van der Waals surface area contributed by atoms with Crippen molar-refractivity contribution in [2.45, 2.75) is 19.8 Å². The summed E-state index contributed by atoms with van der Waals surface area (Å²) in [4.78, 5) is 12.7. The fourth-order valence-corrected chi connectivity index (χ4v) is 1.56. The topological polar surface area (TPSA) is 40.5 Å². The van der Waals surface area contributed by atoms with Crippen molar-refractivity contribution >= 4 is 11.7 Å². The Morgan fingerprint density at radius 2 is 2.00 bits per heavy atom. The summed E-state index contributed by atoms with van der Waals surface area (Å²) in [5.74, 6) is 5.07. The molecular formula is C14H17NO2. The van der Waals surface area contributed by atoms with Crippen LogP contribution in [0.4, 0.5) is 5.69 Å². The van der Waals surface area contributed by atoms with Crippen LogP contribution in [0.25, 0.3) is 0 Å². The van der Waals surface area contributed by atoms with E-state index >= 15 is 0 Å². The van der Waals surface area contributed by atoms with Gasteiger partial charge in [-0.25, -0.2) is 0 Å². The Kier molecular flexibility index (Phi) is 5.67. The fraction of sp³-hybridized carbons (Fsp3) is 0.357. The molecule has 1 rings (SSSR count). The molecule has 90 valence electrons. The minimum Gasteiger partial charge on any atom is -0.481 e. The maximum Gasteiger partial charge on any atom is 0.305 e. The molecule has 1 aromatic carbocycles. The van der Waals surface area contributed by atoms with Crippen LogP contribution in [0.15, 0.2) is 30.3 Å². The highest BCUT2D eigenvalue weighted by atomic mass is 16.4. The maximum absolute atomic E-state index is 10.6. The van der Waals surface area contributed by atoms with E-state index in [0.29, 0.717) is 6.54 Å². The van der Waals surface area contributed by atoms with Crippen LogP contribution in [0.1, 0.15) is 19.8 Å². The molecule has 0 spiro atoms. The Labute approximate surface area is 102 Å². The van der Waals surface area contributed by atoms with E-state index < -0.39 is 5.97 Å². The van der Waals surface area contributed by atoms with Gasteiger partial charge in [-0.2, -0.15) is 0 Å². The van der Waals surface area contributed by atoms with Crippen LogP contribution >= 0.6 is 0 Å². The summed E-state index contributed by atoms with van der Waals surface area (Å²) in [5.41, 5.74) is 1.05. The van der Waals surface area contributed by atoms with E-state index in [-0.39, 0.29) is 6.42 Å². The summed E-state index contributed by atoms with van der Waals surface area (Å²) in [5, 5.41) is 8.73. The van der Waals surface area contributed by atoms with E-state index in [1.54, 1.807) is 0 Å². The first-order valence-corrected chi connectivity index (χ1v) is 5.65. The van der Waals surface area contributed by atoms with E-state index in [9.17, 15) is 4.79 Å². The quantitative estimate of drug-likeness (QED) is 0.764. The number of para-hydroxylation sites is 1. The molecule has 3 heteroatoms. The molecule has 0 heterocycles. The third-order valence-electron chi connectivity index (χ3n) is 2.40. The Morgan fingerprint density at radius 1 is 1.29 bits per heavy atom. The van der Waals surface area contributed by atoms with Crippen LogP contribution in [0, 0.1) is 11.8 Å². The van der Waals surface area contributed by atoms with Gasteiger partial charge >= 0.3 is 5.97 Å². The molecule has 0 aromatic heterocycles. The van der Waals surface area contributed by atoms with Gasteiger partial charge in [0.05, 0.1) is 6.42 Å². The van der Waals surface area contributed by atoms with Gasteiger partial charge in [0.2, 0.25) is 0 Å². The molecule has 3 nitrogen and oxygen atoms in total. The van der Waals surface area contributed by atoms with Crippen LogP contribution in [0.3, 0.4) is 0 Å². The van der Waals surface area contributed by atoms with E-state index in [0.717, 1.165) is 18.7 Å². The van der Waals surface area contributed by atoms with Crippen molar-refractivity contribution in [3.8, 4) is 11.8 Å². The van der Waals surface area contributed by atoms with Gasteiger partial charge in [-0.05, 0) is 19.1 Å².